The molecule has 0 fully saturated rings. The lowest BCUT2D eigenvalue weighted by Gasteiger charge is -2.11. The van der Waals surface area contributed by atoms with Crippen molar-refractivity contribution in [3.05, 3.63) is 11.6 Å². The summed E-state index contributed by atoms with van der Waals surface area (Å²) >= 11 is 0. The van der Waals surface area contributed by atoms with E-state index in [1.54, 1.807) is 0 Å². The number of aliphatic hydroxyl groups excluding tert-OH is 1. The number of hydrogen-bond donors (Lipinski definition) is 1. The molecule has 0 rings (SSSR count). The quantitative estimate of drug-likeness (QED) is 0.619. The van der Waals surface area contributed by atoms with Crippen molar-refractivity contribution >= 4 is 0 Å². The Balaban J connectivity index is 3.71. The zero-order valence-electron chi connectivity index (χ0n) is 9.05. The SMILES string of the molecule is CCCC=C(CC)COC(C)CO. The molecule has 1 unspecified atom stereocenters. The van der Waals surface area contributed by atoms with Gasteiger partial charge in [0.25, 0.3) is 0 Å². The van der Waals surface area contributed by atoms with Crippen LogP contribution in [-0.4, -0.2) is 24.4 Å². The summed E-state index contributed by atoms with van der Waals surface area (Å²) in [5, 5.41) is 8.75. The molecule has 0 radical (unpaired) electrons. The van der Waals surface area contributed by atoms with Crippen molar-refractivity contribution in [1.29, 1.82) is 0 Å². The Morgan fingerprint density at radius 1 is 1.46 bits per heavy atom. The molecule has 0 saturated carbocycles. The molecule has 13 heavy (non-hydrogen) atoms. The first-order chi connectivity index (χ1) is 6.24. The molecule has 0 aromatic carbocycles. The van der Waals surface area contributed by atoms with Crippen LogP contribution in [0.25, 0.3) is 0 Å². The molecular formula is C11H22O2. The van der Waals surface area contributed by atoms with E-state index in [0.717, 1.165) is 12.8 Å². The zero-order valence-corrected chi connectivity index (χ0v) is 9.05. The smallest absolute Gasteiger partial charge is 0.0782 e. The summed E-state index contributed by atoms with van der Waals surface area (Å²) in [6.07, 6.45) is 5.54. The van der Waals surface area contributed by atoms with Gasteiger partial charge >= 0.3 is 0 Å². The van der Waals surface area contributed by atoms with Crippen molar-refractivity contribution in [3.8, 4) is 0 Å². The number of rotatable bonds is 7. The van der Waals surface area contributed by atoms with Gasteiger partial charge in [-0.3, -0.25) is 0 Å². The van der Waals surface area contributed by atoms with Gasteiger partial charge in [-0.15, -0.1) is 0 Å². The summed E-state index contributed by atoms with van der Waals surface area (Å²) in [5.74, 6) is 0. The number of allylic oxidation sites excluding steroid dienone is 1. The van der Waals surface area contributed by atoms with Crippen molar-refractivity contribution in [2.24, 2.45) is 0 Å². The Hall–Kier alpha value is -0.340. The Morgan fingerprint density at radius 3 is 2.62 bits per heavy atom. The van der Waals surface area contributed by atoms with E-state index in [9.17, 15) is 0 Å². The van der Waals surface area contributed by atoms with Gasteiger partial charge in [-0.2, -0.15) is 0 Å². The summed E-state index contributed by atoms with van der Waals surface area (Å²) in [5.41, 5.74) is 1.34. The Kier molecular flexibility index (Phi) is 8.05. The molecule has 78 valence electrons. The van der Waals surface area contributed by atoms with Crippen LogP contribution in [0, 0.1) is 0 Å². The van der Waals surface area contributed by atoms with Gasteiger partial charge in [0.05, 0.1) is 19.3 Å². The van der Waals surface area contributed by atoms with Crippen LogP contribution >= 0.6 is 0 Å². The first-order valence-corrected chi connectivity index (χ1v) is 5.14. The van der Waals surface area contributed by atoms with Crippen molar-refractivity contribution in [1.82, 2.24) is 0 Å². The van der Waals surface area contributed by atoms with E-state index in [0.29, 0.717) is 6.61 Å². The minimum absolute atomic E-state index is 0.0448. The predicted octanol–water partition coefficient (Wildman–Crippen LogP) is 2.52. The van der Waals surface area contributed by atoms with Crippen LogP contribution in [0.3, 0.4) is 0 Å². The monoisotopic (exact) mass is 186 g/mol. The van der Waals surface area contributed by atoms with Gasteiger partial charge in [0, 0.05) is 0 Å². The van der Waals surface area contributed by atoms with Crippen LogP contribution in [-0.2, 0) is 4.74 Å². The molecule has 0 heterocycles. The maximum absolute atomic E-state index is 8.75. The summed E-state index contributed by atoms with van der Waals surface area (Å²) in [6.45, 7) is 6.95. The van der Waals surface area contributed by atoms with Crippen LogP contribution in [0.15, 0.2) is 11.6 Å². The Labute approximate surface area is 81.6 Å². The molecule has 2 nitrogen and oxygen atoms in total. The van der Waals surface area contributed by atoms with E-state index < -0.39 is 0 Å². The van der Waals surface area contributed by atoms with Crippen LogP contribution in [0.2, 0.25) is 0 Å². The number of ether oxygens (including phenoxy) is 1. The fourth-order valence-electron chi connectivity index (χ4n) is 0.956. The van der Waals surface area contributed by atoms with Gasteiger partial charge in [-0.1, -0.05) is 26.3 Å². The van der Waals surface area contributed by atoms with Gasteiger partial charge in [-0.05, 0) is 25.3 Å². The fraction of sp³-hybridized carbons (Fsp3) is 0.818. The largest absolute Gasteiger partial charge is 0.394 e. The molecule has 0 aliphatic rings. The van der Waals surface area contributed by atoms with Crippen molar-refractivity contribution in [2.45, 2.75) is 46.1 Å². The minimum Gasteiger partial charge on any atom is -0.394 e. The summed E-state index contributed by atoms with van der Waals surface area (Å²) in [7, 11) is 0. The predicted molar refractivity (Wildman–Crippen MR) is 55.8 cm³/mol. The van der Waals surface area contributed by atoms with Crippen molar-refractivity contribution in [3.63, 3.8) is 0 Å². The molecule has 0 aromatic rings. The maximum atomic E-state index is 8.75. The third kappa shape index (κ3) is 6.79. The lowest BCUT2D eigenvalue weighted by Crippen LogP contribution is -2.14. The second-order valence-electron chi connectivity index (χ2n) is 3.31. The highest BCUT2D eigenvalue weighted by molar-refractivity contribution is 5.01. The third-order valence-corrected chi connectivity index (χ3v) is 1.99. The van der Waals surface area contributed by atoms with E-state index >= 15 is 0 Å². The Morgan fingerprint density at radius 2 is 2.15 bits per heavy atom. The number of aliphatic hydroxyl groups is 1. The molecule has 1 atom stereocenters. The van der Waals surface area contributed by atoms with Gasteiger partial charge in [-0.25, -0.2) is 0 Å². The molecule has 1 N–H and O–H groups in total. The molecule has 0 aliphatic heterocycles. The van der Waals surface area contributed by atoms with Gasteiger partial charge < -0.3 is 9.84 Å². The topological polar surface area (TPSA) is 29.5 Å². The molecule has 2 heteroatoms. The molecule has 0 aromatic heterocycles. The van der Waals surface area contributed by atoms with Crippen LogP contribution in [0.5, 0.6) is 0 Å². The third-order valence-electron chi connectivity index (χ3n) is 1.99. The Bertz CT molecular complexity index is 141. The lowest BCUT2D eigenvalue weighted by atomic mass is 10.1. The van der Waals surface area contributed by atoms with Crippen LogP contribution in [0.1, 0.15) is 40.0 Å². The van der Waals surface area contributed by atoms with E-state index in [1.807, 2.05) is 6.92 Å². The summed E-state index contributed by atoms with van der Waals surface area (Å²) in [4.78, 5) is 0. The minimum atomic E-state index is -0.0448. The van der Waals surface area contributed by atoms with Crippen LogP contribution < -0.4 is 0 Å². The molecule has 0 saturated heterocycles. The molecule has 0 bridgehead atoms. The van der Waals surface area contributed by atoms with Gasteiger partial charge in [0.2, 0.25) is 0 Å². The lowest BCUT2D eigenvalue weighted by molar-refractivity contribution is 0.0368. The van der Waals surface area contributed by atoms with E-state index in [4.69, 9.17) is 9.84 Å². The normalized spacial score (nSPS) is 14.6. The van der Waals surface area contributed by atoms with E-state index in [2.05, 4.69) is 19.9 Å². The first kappa shape index (κ1) is 12.7. The fourth-order valence-corrected chi connectivity index (χ4v) is 0.956. The molecule has 0 spiro atoms. The summed E-state index contributed by atoms with van der Waals surface area (Å²) in [6, 6.07) is 0. The average Bonchev–Trinajstić information content (AvgIpc) is 2.17. The highest BCUT2D eigenvalue weighted by Gasteiger charge is 2.00. The number of hydrogen-bond acceptors (Lipinski definition) is 2. The maximum Gasteiger partial charge on any atom is 0.0782 e. The highest BCUT2D eigenvalue weighted by Crippen LogP contribution is 2.05. The van der Waals surface area contributed by atoms with Gasteiger partial charge in [0.1, 0.15) is 0 Å². The second kappa shape index (κ2) is 8.27. The highest BCUT2D eigenvalue weighted by atomic mass is 16.5. The van der Waals surface area contributed by atoms with Crippen molar-refractivity contribution in [2.75, 3.05) is 13.2 Å². The molecule has 0 amide bonds. The van der Waals surface area contributed by atoms with Crippen molar-refractivity contribution < 1.29 is 9.84 Å². The zero-order chi connectivity index (χ0) is 10.1. The van der Waals surface area contributed by atoms with Gasteiger partial charge in [0.15, 0.2) is 0 Å². The molecular weight excluding hydrogens is 164 g/mol. The standard InChI is InChI=1S/C11H22O2/c1-4-6-7-11(5-2)9-13-10(3)8-12/h7,10,12H,4-6,8-9H2,1-3H3. The van der Waals surface area contributed by atoms with Crippen LogP contribution in [0.4, 0.5) is 0 Å². The summed E-state index contributed by atoms with van der Waals surface area (Å²) < 4.78 is 5.42. The van der Waals surface area contributed by atoms with E-state index in [-0.39, 0.29) is 12.7 Å². The number of unbranched alkanes of at least 4 members (excludes halogenated alkanes) is 1. The average molecular weight is 186 g/mol. The second-order valence-corrected chi connectivity index (χ2v) is 3.31. The molecule has 0 aliphatic carbocycles. The van der Waals surface area contributed by atoms with E-state index in [1.165, 1.54) is 12.0 Å². The first-order valence-electron chi connectivity index (χ1n) is 5.14.